The van der Waals surface area contributed by atoms with Gasteiger partial charge in [-0.1, -0.05) is 66.7 Å². The van der Waals surface area contributed by atoms with Gasteiger partial charge in [0.15, 0.2) is 0 Å². The highest BCUT2D eigenvalue weighted by Gasteiger charge is 2.09. The molecular formula is C29H26FNO. The predicted octanol–water partition coefficient (Wildman–Crippen LogP) is 6.57. The Bertz CT molecular complexity index is 1240. The molecule has 4 rings (SSSR count). The van der Waals surface area contributed by atoms with E-state index in [9.17, 15) is 0 Å². The van der Waals surface area contributed by atoms with Crippen LogP contribution >= 0.6 is 0 Å². The van der Waals surface area contributed by atoms with E-state index in [1.807, 2.05) is 48.5 Å². The number of benzene rings is 4. The largest absolute Gasteiger partial charge is 0.380 e. The summed E-state index contributed by atoms with van der Waals surface area (Å²) >= 11 is 0. The van der Waals surface area contributed by atoms with Gasteiger partial charge in [-0.15, -0.1) is 0 Å². The second-order valence-electron chi connectivity index (χ2n) is 8.15. The molecule has 160 valence electrons. The lowest BCUT2D eigenvalue weighted by molar-refractivity contribution is 0.185. The molecule has 0 unspecified atom stereocenters. The van der Waals surface area contributed by atoms with Gasteiger partial charge in [-0.05, 0) is 71.0 Å². The molecule has 4 aromatic rings. The normalized spacial score (nSPS) is 10.9. The minimum absolute atomic E-state index is 0.128. The number of hydrogen-bond donors (Lipinski definition) is 0. The average Bonchev–Trinajstić information content (AvgIpc) is 2.84. The van der Waals surface area contributed by atoms with Crippen LogP contribution in [0.1, 0.15) is 33.4 Å². The Morgan fingerprint density at radius 1 is 0.719 bits per heavy atom. The van der Waals surface area contributed by atoms with E-state index in [0.717, 1.165) is 35.8 Å². The second-order valence-corrected chi connectivity index (χ2v) is 8.15. The lowest BCUT2D eigenvalue weighted by Gasteiger charge is -2.09. The SMILES string of the molecule is COCc1ccc(CCc2ccc3c(F)c(CCc4ccc(C#N)cc4)ccc3c2)cc1. The fourth-order valence-electron chi connectivity index (χ4n) is 4.02. The van der Waals surface area contributed by atoms with Crippen LogP contribution in [0, 0.1) is 17.1 Å². The van der Waals surface area contributed by atoms with E-state index in [1.165, 1.54) is 16.7 Å². The van der Waals surface area contributed by atoms with E-state index in [4.69, 9.17) is 10.00 Å². The number of rotatable bonds is 8. The summed E-state index contributed by atoms with van der Waals surface area (Å²) in [7, 11) is 1.70. The van der Waals surface area contributed by atoms with Crippen LogP contribution in [-0.4, -0.2) is 7.11 Å². The molecule has 0 aliphatic heterocycles. The minimum Gasteiger partial charge on any atom is -0.380 e. The van der Waals surface area contributed by atoms with Crippen LogP contribution in [0.2, 0.25) is 0 Å². The Morgan fingerprint density at radius 3 is 2.00 bits per heavy atom. The maximum absolute atomic E-state index is 15.1. The average molecular weight is 424 g/mol. The highest BCUT2D eigenvalue weighted by molar-refractivity contribution is 5.84. The van der Waals surface area contributed by atoms with Gasteiger partial charge in [0.25, 0.3) is 0 Å². The smallest absolute Gasteiger partial charge is 0.134 e. The molecule has 0 aromatic heterocycles. The number of fused-ring (bicyclic) bond motifs is 1. The zero-order valence-electron chi connectivity index (χ0n) is 18.3. The summed E-state index contributed by atoms with van der Waals surface area (Å²) in [6, 6.07) is 28.1. The van der Waals surface area contributed by atoms with Crippen molar-refractivity contribution in [2.75, 3.05) is 7.11 Å². The van der Waals surface area contributed by atoms with Crippen molar-refractivity contribution < 1.29 is 9.13 Å². The molecule has 0 amide bonds. The third-order valence-electron chi connectivity index (χ3n) is 5.90. The fraction of sp³-hybridized carbons (Fsp3) is 0.207. The Hall–Kier alpha value is -3.48. The van der Waals surface area contributed by atoms with E-state index < -0.39 is 0 Å². The van der Waals surface area contributed by atoms with E-state index in [-0.39, 0.29) is 5.82 Å². The number of methoxy groups -OCH3 is 1. The number of aryl methyl sites for hydroxylation is 4. The van der Waals surface area contributed by atoms with Gasteiger partial charge in [0.1, 0.15) is 5.82 Å². The van der Waals surface area contributed by atoms with Crippen LogP contribution in [0.15, 0.2) is 78.9 Å². The number of nitriles is 1. The lowest BCUT2D eigenvalue weighted by Crippen LogP contribution is -1.97. The number of halogens is 1. The standard InChI is InChI=1S/C29H26FNO/c1-32-20-25-10-5-21(6-11-25)2-7-23-13-17-28-27(18-23)16-15-26(29(28)30)14-12-22-3-8-24(19-31)9-4-22/h3-6,8-11,13,15-18H,2,7,12,14,20H2,1H3. The summed E-state index contributed by atoms with van der Waals surface area (Å²) in [6.45, 7) is 0.631. The summed E-state index contributed by atoms with van der Waals surface area (Å²) in [5.74, 6) is -0.128. The number of nitrogens with zero attached hydrogens (tertiary/aromatic N) is 1. The molecule has 0 saturated carbocycles. The molecule has 2 nitrogen and oxygen atoms in total. The van der Waals surface area contributed by atoms with E-state index in [1.54, 1.807) is 7.11 Å². The van der Waals surface area contributed by atoms with Crippen molar-refractivity contribution in [3.05, 3.63) is 118 Å². The van der Waals surface area contributed by atoms with Crippen molar-refractivity contribution in [3.63, 3.8) is 0 Å². The Balaban J connectivity index is 1.42. The lowest BCUT2D eigenvalue weighted by atomic mass is 9.97. The molecule has 0 aliphatic carbocycles. The summed E-state index contributed by atoms with van der Waals surface area (Å²) in [4.78, 5) is 0. The van der Waals surface area contributed by atoms with Gasteiger partial charge in [-0.3, -0.25) is 0 Å². The third kappa shape index (κ3) is 5.22. The highest BCUT2D eigenvalue weighted by atomic mass is 19.1. The maximum Gasteiger partial charge on any atom is 0.134 e. The number of ether oxygens (including phenoxy) is 1. The molecule has 0 aliphatic rings. The van der Waals surface area contributed by atoms with Gasteiger partial charge < -0.3 is 4.74 Å². The van der Waals surface area contributed by atoms with Crippen molar-refractivity contribution in [1.29, 1.82) is 5.26 Å². The van der Waals surface area contributed by atoms with Crippen LogP contribution < -0.4 is 0 Å². The van der Waals surface area contributed by atoms with Gasteiger partial charge in [-0.25, -0.2) is 4.39 Å². The summed E-state index contributed by atoms with van der Waals surface area (Å²) in [6.07, 6.45) is 3.25. The second kappa shape index (κ2) is 10.2. The van der Waals surface area contributed by atoms with Gasteiger partial charge in [-0.2, -0.15) is 5.26 Å². The van der Waals surface area contributed by atoms with Crippen molar-refractivity contribution in [3.8, 4) is 6.07 Å². The Morgan fingerprint density at radius 2 is 1.31 bits per heavy atom. The quantitative estimate of drug-likeness (QED) is 0.321. The molecule has 0 heterocycles. The first-order valence-electron chi connectivity index (χ1n) is 10.9. The van der Waals surface area contributed by atoms with Crippen LogP contribution in [0.25, 0.3) is 10.8 Å². The van der Waals surface area contributed by atoms with Gasteiger partial charge >= 0.3 is 0 Å². The number of hydrogen-bond acceptors (Lipinski definition) is 2. The molecule has 0 N–H and O–H groups in total. The molecule has 3 heteroatoms. The van der Waals surface area contributed by atoms with Crippen molar-refractivity contribution >= 4 is 10.8 Å². The summed E-state index contributed by atoms with van der Waals surface area (Å²) in [5, 5.41) is 10.5. The topological polar surface area (TPSA) is 33.0 Å². The maximum atomic E-state index is 15.1. The zero-order valence-corrected chi connectivity index (χ0v) is 18.3. The van der Waals surface area contributed by atoms with E-state index in [0.29, 0.717) is 24.0 Å². The molecule has 0 radical (unpaired) electrons. The first kappa shape index (κ1) is 21.7. The van der Waals surface area contributed by atoms with Gasteiger partial charge in [0.2, 0.25) is 0 Å². The molecule has 32 heavy (non-hydrogen) atoms. The minimum atomic E-state index is -0.128. The molecule has 0 saturated heterocycles. The third-order valence-corrected chi connectivity index (χ3v) is 5.90. The Kier molecular flexibility index (Phi) is 6.94. The first-order valence-corrected chi connectivity index (χ1v) is 10.9. The fourth-order valence-corrected chi connectivity index (χ4v) is 4.02. The van der Waals surface area contributed by atoms with Crippen molar-refractivity contribution in [1.82, 2.24) is 0 Å². The van der Waals surface area contributed by atoms with Crippen LogP contribution in [-0.2, 0) is 37.0 Å². The Labute approximate surface area is 188 Å². The van der Waals surface area contributed by atoms with E-state index in [2.05, 4.69) is 36.4 Å². The van der Waals surface area contributed by atoms with Crippen molar-refractivity contribution in [2.24, 2.45) is 0 Å². The monoisotopic (exact) mass is 423 g/mol. The van der Waals surface area contributed by atoms with E-state index >= 15 is 4.39 Å². The van der Waals surface area contributed by atoms with Gasteiger partial charge in [0.05, 0.1) is 18.2 Å². The molecule has 0 spiro atoms. The predicted molar refractivity (Wildman–Crippen MR) is 127 cm³/mol. The molecular weight excluding hydrogens is 397 g/mol. The summed E-state index contributed by atoms with van der Waals surface area (Å²) < 4.78 is 20.3. The molecule has 4 aromatic carbocycles. The van der Waals surface area contributed by atoms with Gasteiger partial charge in [0, 0.05) is 12.5 Å². The molecule has 0 atom stereocenters. The van der Waals surface area contributed by atoms with Crippen molar-refractivity contribution in [2.45, 2.75) is 32.3 Å². The van der Waals surface area contributed by atoms with Crippen LogP contribution in [0.3, 0.4) is 0 Å². The zero-order chi connectivity index (χ0) is 22.3. The van der Waals surface area contributed by atoms with Crippen LogP contribution in [0.4, 0.5) is 4.39 Å². The molecule has 0 bridgehead atoms. The first-order chi connectivity index (χ1) is 15.7. The van der Waals surface area contributed by atoms with Crippen LogP contribution in [0.5, 0.6) is 0 Å². The molecule has 0 fully saturated rings. The summed E-state index contributed by atoms with van der Waals surface area (Å²) in [5.41, 5.74) is 6.15. The highest BCUT2D eigenvalue weighted by Crippen LogP contribution is 2.24.